The number of aryl methyl sites for hydroxylation is 4. The molecule has 42 heavy (non-hydrogen) atoms. The van der Waals surface area contributed by atoms with Crippen LogP contribution < -0.4 is 10.6 Å². The molecule has 5 aromatic rings. The highest BCUT2D eigenvalue weighted by molar-refractivity contribution is 7.90. The maximum atomic E-state index is 13.0. The molecule has 0 saturated carbocycles. The highest BCUT2D eigenvalue weighted by Crippen LogP contribution is 2.37. The summed E-state index contributed by atoms with van der Waals surface area (Å²) in [6, 6.07) is 7.11. The van der Waals surface area contributed by atoms with Gasteiger partial charge in [-0.2, -0.15) is 0 Å². The Labute approximate surface area is 248 Å². The van der Waals surface area contributed by atoms with Crippen molar-refractivity contribution in [3.8, 4) is 10.6 Å². The first-order chi connectivity index (χ1) is 20.1. The summed E-state index contributed by atoms with van der Waals surface area (Å²) in [7, 11) is -3.60. The number of anilines is 4. The predicted octanol–water partition coefficient (Wildman–Crippen LogP) is 6.17. The molecule has 1 aromatic carbocycles. The molecule has 218 valence electrons. The minimum Gasteiger partial charge on any atom is -0.358 e. The van der Waals surface area contributed by atoms with E-state index in [1.807, 2.05) is 49.8 Å². The number of aromatic nitrogens is 6. The topological polar surface area (TPSA) is 137 Å². The summed E-state index contributed by atoms with van der Waals surface area (Å²) < 4.78 is 34.1. The first-order valence-electron chi connectivity index (χ1n) is 13.7. The Morgan fingerprint density at radius 3 is 2.48 bits per heavy atom. The number of rotatable bonds is 7. The molecule has 2 N–H and O–H groups in total. The second-order valence-electron chi connectivity index (χ2n) is 10.5. The Morgan fingerprint density at radius 2 is 1.79 bits per heavy atom. The summed E-state index contributed by atoms with van der Waals surface area (Å²) in [6.07, 6.45) is 5.60. The number of sulfone groups is 1. The third-order valence-corrected chi connectivity index (χ3v) is 9.38. The van der Waals surface area contributed by atoms with E-state index >= 15 is 0 Å². The van der Waals surface area contributed by atoms with Crippen LogP contribution in [0.1, 0.15) is 48.4 Å². The van der Waals surface area contributed by atoms with E-state index in [1.54, 1.807) is 18.3 Å². The summed E-state index contributed by atoms with van der Waals surface area (Å²) in [6.45, 7) is 8.33. The molecule has 0 radical (unpaired) electrons. The maximum absolute atomic E-state index is 13.0. The molecule has 1 aliphatic rings. The van der Waals surface area contributed by atoms with Crippen LogP contribution in [0.4, 0.5) is 23.0 Å². The van der Waals surface area contributed by atoms with Crippen LogP contribution in [0.5, 0.6) is 0 Å². The van der Waals surface area contributed by atoms with E-state index in [9.17, 15) is 8.42 Å². The van der Waals surface area contributed by atoms with Crippen LogP contribution in [0.3, 0.4) is 0 Å². The third kappa shape index (κ3) is 5.59. The van der Waals surface area contributed by atoms with Crippen LogP contribution in [0, 0.1) is 27.7 Å². The van der Waals surface area contributed by atoms with Crippen molar-refractivity contribution in [3.63, 3.8) is 0 Å². The van der Waals surface area contributed by atoms with Crippen molar-refractivity contribution in [1.82, 2.24) is 29.5 Å². The molecular weight excluding hydrogens is 573 g/mol. The summed E-state index contributed by atoms with van der Waals surface area (Å²) >= 11 is 1.48. The van der Waals surface area contributed by atoms with Crippen LogP contribution in [-0.4, -0.2) is 50.8 Å². The normalized spacial score (nSPS) is 15.7. The van der Waals surface area contributed by atoms with Crippen molar-refractivity contribution in [3.05, 3.63) is 58.7 Å². The van der Waals surface area contributed by atoms with E-state index in [0.717, 1.165) is 52.7 Å². The Balaban J connectivity index is 1.48. The van der Waals surface area contributed by atoms with E-state index < -0.39 is 9.84 Å². The average Bonchev–Trinajstić information content (AvgIpc) is 3.53. The molecule has 11 nitrogen and oxygen atoms in total. The summed E-state index contributed by atoms with van der Waals surface area (Å²) in [5, 5.41) is 9.35. The number of thiazole rings is 1. The highest BCUT2D eigenvalue weighted by Gasteiger charge is 2.25. The molecule has 6 rings (SSSR count). The summed E-state index contributed by atoms with van der Waals surface area (Å²) in [5.74, 6) is 1.82. The molecule has 5 heterocycles. The van der Waals surface area contributed by atoms with E-state index in [0.29, 0.717) is 40.8 Å². The zero-order valence-corrected chi connectivity index (χ0v) is 25.7. The van der Waals surface area contributed by atoms with Gasteiger partial charge in [0.2, 0.25) is 0 Å². The van der Waals surface area contributed by atoms with Crippen LogP contribution in [0.25, 0.3) is 21.7 Å². The molecule has 1 unspecified atom stereocenters. The van der Waals surface area contributed by atoms with Crippen LogP contribution in [-0.2, 0) is 14.6 Å². The van der Waals surface area contributed by atoms with Gasteiger partial charge in [-0.3, -0.25) is 9.55 Å². The molecule has 0 spiro atoms. The van der Waals surface area contributed by atoms with Crippen LogP contribution >= 0.6 is 11.3 Å². The van der Waals surface area contributed by atoms with E-state index in [2.05, 4.69) is 25.6 Å². The van der Waals surface area contributed by atoms with Gasteiger partial charge in [0.05, 0.1) is 33.9 Å². The number of nitrogens with one attached hydrogen (secondary N) is 2. The van der Waals surface area contributed by atoms with Crippen LogP contribution in [0.2, 0.25) is 0 Å². The van der Waals surface area contributed by atoms with Gasteiger partial charge in [-0.15, -0.1) is 11.3 Å². The molecule has 0 bridgehead atoms. The molecule has 4 aromatic heterocycles. The van der Waals surface area contributed by atoms with Crippen molar-refractivity contribution in [2.75, 3.05) is 23.5 Å². The van der Waals surface area contributed by atoms with E-state index in [1.165, 1.54) is 17.6 Å². The number of benzene rings is 1. The second-order valence-corrected chi connectivity index (χ2v) is 13.4. The molecule has 1 aliphatic heterocycles. The van der Waals surface area contributed by atoms with Gasteiger partial charge in [-0.25, -0.2) is 28.4 Å². The van der Waals surface area contributed by atoms with Crippen molar-refractivity contribution in [1.29, 1.82) is 0 Å². The standard InChI is InChI=1S/C29H32N8O3S2/c1-16-15-41-29(31-16)20-9-10-21(23(12-20)42(5,38)39)34-22-13-24(35-25-14-30-17(2)18(3)32-25)36-28-27(22)33-19(4)37(28)26-8-6-7-11-40-26/h9-10,12-15,26H,6-8,11H2,1-5H3,(H2,32,34,35,36). The first kappa shape index (κ1) is 28.2. The lowest BCUT2D eigenvalue weighted by atomic mass is 10.2. The van der Waals surface area contributed by atoms with Gasteiger partial charge in [0.1, 0.15) is 34.2 Å². The van der Waals surface area contributed by atoms with Crippen molar-refractivity contribution in [2.24, 2.45) is 0 Å². The van der Waals surface area contributed by atoms with Gasteiger partial charge in [-0.1, -0.05) is 0 Å². The van der Waals surface area contributed by atoms with E-state index in [-0.39, 0.29) is 11.1 Å². The summed E-state index contributed by atoms with van der Waals surface area (Å²) in [4.78, 5) is 23.5. The fraction of sp³-hybridized carbons (Fsp3) is 0.345. The van der Waals surface area contributed by atoms with Gasteiger partial charge >= 0.3 is 0 Å². The molecular formula is C29H32N8O3S2. The number of hydrogen-bond acceptors (Lipinski definition) is 11. The smallest absolute Gasteiger partial charge is 0.177 e. The molecule has 1 atom stereocenters. The average molecular weight is 605 g/mol. The predicted molar refractivity (Wildman–Crippen MR) is 165 cm³/mol. The lowest BCUT2D eigenvalue weighted by Crippen LogP contribution is -2.19. The van der Waals surface area contributed by atoms with Crippen molar-refractivity contribution in [2.45, 2.75) is 58.1 Å². The third-order valence-electron chi connectivity index (χ3n) is 7.23. The number of imidazole rings is 1. The van der Waals surface area contributed by atoms with Crippen LogP contribution in [0.15, 0.2) is 40.7 Å². The van der Waals surface area contributed by atoms with Crippen molar-refractivity contribution >= 4 is 55.3 Å². The summed E-state index contributed by atoms with van der Waals surface area (Å²) in [5.41, 5.74) is 5.54. The monoisotopic (exact) mass is 604 g/mol. The molecule has 13 heteroatoms. The van der Waals surface area contributed by atoms with Gasteiger partial charge in [-0.05, 0) is 65.2 Å². The molecule has 0 aliphatic carbocycles. The zero-order chi connectivity index (χ0) is 29.6. The molecule has 0 amide bonds. The van der Waals surface area contributed by atoms with Crippen molar-refractivity contribution < 1.29 is 13.2 Å². The molecule has 1 fully saturated rings. The fourth-order valence-electron chi connectivity index (χ4n) is 5.03. The minimum absolute atomic E-state index is 0.166. The number of fused-ring (bicyclic) bond motifs is 1. The lowest BCUT2D eigenvalue weighted by molar-refractivity contribution is -0.0308. The molecule has 1 saturated heterocycles. The Kier molecular flexibility index (Phi) is 7.41. The number of ether oxygens (including phenoxy) is 1. The Morgan fingerprint density at radius 1 is 0.952 bits per heavy atom. The largest absolute Gasteiger partial charge is 0.358 e. The number of pyridine rings is 1. The van der Waals surface area contributed by atoms with Gasteiger partial charge < -0.3 is 15.4 Å². The fourth-order valence-corrected chi connectivity index (χ4v) is 6.69. The van der Waals surface area contributed by atoms with Gasteiger partial charge in [0.25, 0.3) is 0 Å². The number of nitrogens with zero attached hydrogens (tertiary/aromatic N) is 6. The zero-order valence-electron chi connectivity index (χ0n) is 24.1. The highest BCUT2D eigenvalue weighted by atomic mass is 32.2. The Bertz CT molecular complexity index is 1910. The maximum Gasteiger partial charge on any atom is 0.177 e. The Hall–Kier alpha value is -3.94. The quantitative estimate of drug-likeness (QED) is 0.222. The SMILES string of the molecule is Cc1csc(-c2ccc(Nc3cc(Nc4cnc(C)c(C)n4)nc4c3nc(C)n4C3CCCCO3)c(S(C)(=O)=O)c2)n1. The van der Waals surface area contributed by atoms with E-state index in [4.69, 9.17) is 14.7 Å². The first-order valence-corrected chi connectivity index (χ1v) is 16.5. The lowest BCUT2D eigenvalue weighted by Gasteiger charge is -2.25. The number of hydrogen-bond donors (Lipinski definition) is 2. The second kappa shape index (κ2) is 11.0. The minimum atomic E-state index is -3.60. The van der Waals surface area contributed by atoms with Gasteiger partial charge in [0.15, 0.2) is 15.5 Å². The van der Waals surface area contributed by atoms with Gasteiger partial charge in [0, 0.05) is 35.6 Å².